The zero-order valence-electron chi connectivity index (χ0n) is 12.7. The van der Waals surface area contributed by atoms with Crippen molar-refractivity contribution in [2.24, 2.45) is 0 Å². The van der Waals surface area contributed by atoms with Gasteiger partial charge >= 0.3 is 0 Å². The zero-order valence-corrected chi connectivity index (χ0v) is 12.7. The van der Waals surface area contributed by atoms with E-state index >= 15 is 0 Å². The number of fused-ring (bicyclic) bond motifs is 1. The lowest BCUT2D eigenvalue weighted by atomic mass is 10.1. The largest absolute Gasteiger partial charge is 0.441 e. The molecule has 0 bridgehead atoms. The van der Waals surface area contributed by atoms with Gasteiger partial charge < -0.3 is 9.73 Å². The fraction of sp³-hybridized carbons (Fsp3) is 0.222. The van der Waals surface area contributed by atoms with Gasteiger partial charge in [-0.2, -0.15) is 0 Å². The van der Waals surface area contributed by atoms with Crippen LogP contribution in [0.2, 0.25) is 0 Å². The molecule has 3 aromatic rings. The van der Waals surface area contributed by atoms with E-state index in [-0.39, 0.29) is 5.91 Å². The molecule has 1 aromatic heterocycles. The average Bonchev–Trinajstić information content (AvgIpc) is 2.87. The number of nitrogens with one attached hydrogen (secondary N) is 1. The molecule has 0 saturated carbocycles. The fourth-order valence-electron chi connectivity index (χ4n) is 2.35. The first-order chi connectivity index (χ1) is 10.6. The third-order valence-electron chi connectivity index (χ3n) is 3.53. The third-order valence-corrected chi connectivity index (χ3v) is 3.53. The number of carbonyl (C=O) groups is 1. The van der Waals surface area contributed by atoms with E-state index in [1.54, 1.807) is 0 Å². The molecule has 4 heteroatoms. The molecule has 0 aliphatic rings. The molecule has 0 radical (unpaired) electrons. The minimum Gasteiger partial charge on any atom is -0.441 e. The Morgan fingerprint density at radius 3 is 2.59 bits per heavy atom. The van der Waals surface area contributed by atoms with Crippen molar-refractivity contribution in [2.45, 2.75) is 26.8 Å². The molecule has 0 spiro atoms. The van der Waals surface area contributed by atoms with E-state index in [0.717, 1.165) is 22.2 Å². The van der Waals surface area contributed by atoms with Crippen LogP contribution < -0.4 is 5.32 Å². The standard InChI is InChI=1S/C18H18N2O2/c1-12-3-5-14(6-4-12)10-18(21)19-11-15-7-8-17-16(9-15)20-13(2)22-17/h3-9H,10-11H2,1-2H3,(H,19,21). The Kier molecular flexibility index (Phi) is 3.92. The number of oxazole rings is 1. The number of aryl methyl sites for hydroxylation is 2. The highest BCUT2D eigenvalue weighted by atomic mass is 16.3. The van der Waals surface area contributed by atoms with Gasteiger partial charge in [0, 0.05) is 13.5 Å². The second-order valence-electron chi connectivity index (χ2n) is 5.47. The Morgan fingerprint density at radius 1 is 1.09 bits per heavy atom. The number of rotatable bonds is 4. The van der Waals surface area contributed by atoms with Gasteiger partial charge in [0.05, 0.1) is 6.42 Å². The molecule has 0 fully saturated rings. The highest BCUT2D eigenvalue weighted by Gasteiger charge is 2.06. The van der Waals surface area contributed by atoms with E-state index in [4.69, 9.17) is 4.42 Å². The lowest BCUT2D eigenvalue weighted by Gasteiger charge is -2.06. The third kappa shape index (κ3) is 3.34. The molecule has 0 aliphatic carbocycles. The van der Waals surface area contributed by atoms with Gasteiger partial charge in [-0.15, -0.1) is 0 Å². The van der Waals surface area contributed by atoms with Gasteiger partial charge in [0.1, 0.15) is 5.52 Å². The summed E-state index contributed by atoms with van der Waals surface area (Å²) in [6, 6.07) is 13.8. The topological polar surface area (TPSA) is 55.1 Å². The number of benzene rings is 2. The van der Waals surface area contributed by atoms with Gasteiger partial charge in [-0.3, -0.25) is 4.79 Å². The van der Waals surface area contributed by atoms with Crippen molar-refractivity contribution < 1.29 is 9.21 Å². The number of carbonyl (C=O) groups excluding carboxylic acids is 1. The Bertz CT molecular complexity index is 804. The van der Waals surface area contributed by atoms with Gasteiger partial charge in [0.15, 0.2) is 11.5 Å². The number of hydrogen-bond donors (Lipinski definition) is 1. The molecule has 1 N–H and O–H groups in total. The maximum absolute atomic E-state index is 12.0. The van der Waals surface area contributed by atoms with Crippen LogP contribution in [0, 0.1) is 13.8 Å². The van der Waals surface area contributed by atoms with E-state index in [2.05, 4.69) is 10.3 Å². The summed E-state index contributed by atoms with van der Waals surface area (Å²) in [5, 5.41) is 2.94. The van der Waals surface area contributed by atoms with Gasteiger partial charge in [0.25, 0.3) is 0 Å². The Morgan fingerprint density at radius 2 is 1.82 bits per heavy atom. The summed E-state index contributed by atoms with van der Waals surface area (Å²) in [4.78, 5) is 16.3. The number of nitrogens with zero attached hydrogens (tertiary/aromatic N) is 1. The molecule has 0 saturated heterocycles. The maximum Gasteiger partial charge on any atom is 0.224 e. The molecule has 0 atom stereocenters. The monoisotopic (exact) mass is 294 g/mol. The SMILES string of the molecule is Cc1ccc(CC(=O)NCc2ccc3oc(C)nc3c2)cc1. The summed E-state index contributed by atoms with van der Waals surface area (Å²) in [7, 11) is 0. The van der Waals surface area contributed by atoms with Crippen LogP contribution in [-0.4, -0.2) is 10.9 Å². The van der Waals surface area contributed by atoms with Crippen LogP contribution in [0.15, 0.2) is 46.9 Å². The van der Waals surface area contributed by atoms with E-state index in [1.807, 2.05) is 56.3 Å². The lowest BCUT2D eigenvalue weighted by molar-refractivity contribution is -0.120. The van der Waals surface area contributed by atoms with E-state index in [9.17, 15) is 4.79 Å². The molecule has 1 amide bonds. The van der Waals surface area contributed by atoms with Crippen molar-refractivity contribution in [1.82, 2.24) is 10.3 Å². The predicted octanol–water partition coefficient (Wildman–Crippen LogP) is 3.30. The first-order valence-electron chi connectivity index (χ1n) is 7.28. The molecule has 2 aromatic carbocycles. The summed E-state index contributed by atoms with van der Waals surface area (Å²) < 4.78 is 5.44. The minimum absolute atomic E-state index is 0.0142. The van der Waals surface area contributed by atoms with Crippen LogP contribution in [0.5, 0.6) is 0 Å². The van der Waals surface area contributed by atoms with Crippen molar-refractivity contribution in [3.63, 3.8) is 0 Å². The molecular formula is C18H18N2O2. The summed E-state index contributed by atoms with van der Waals surface area (Å²) >= 11 is 0. The summed E-state index contributed by atoms with van der Waals surface area (Å²) in [5.41, 5.74) is 4.82. The molecular weight excluding hydrogens is 276 g/mol. The van der Waals surface area contributed by atoms with Crippen molar-refractivity contribution in [3.05, 3.63) is 65.0 Å². The molecule has 0 unspecified atom stereocenters. The van der Waals surface area contributed by atoms with E-state index in [0.29, 0.717) is 18.9 Å². The molecule has 1 heterocycles. The van der Waals surface area contributed by atoms with Crippen LogP contribution in [0.4, 0.5) is 0 Å². The van der Waals surface area contributed by atoms with Crippen LogP contribution >= 0.6 is 0 Å². The molecule has 22 heavy (non-hydrogen) atoms. The minimum atomic E-state index is 0.0142. The van der Waals surface area contributed by atoms with Crippen molar-refractivity contribution in [1.29, 1.82) is 0 Å². The van der Waals surface area contributed by atoms with Gasteiger partial charge in [-0.1, -0.05) is 35.9 Å². The molecule has 112 valence electrons. The highest BCUT2D eigenvalue weighted by molar-refractivity contribution is 5.79. The van der Waals surface area contributed by atoms with Crippen molar-refractivity contribution in [2.75, 3.05) is 0 Å². The maximum atomic E-state index is 12.0. The van der Waals surface area contributed by atoms with E-state index in [1.165, 1.54) is 5.56 Å². The molecule has 0 aliphatic heterocycles. The van der Waals surface area contributed by atoms with Gasteiger partial charge in [0.2, 0.25) is 5.91 Å². The van der Waals surface area contributed by atoms with Crippen LogP contribution in [0.25, 0.3) is 11.1 Å². The smallest absolute Gasteiger partial charge is 0.224 e. The summed E-state index contributed by atoms with van der Waals surface area (Å²) in [6.07, 6.45) is 0.394. The van der Waals surface area contributed by atoms with Crippen LogP contribution in [0.1, 0.15) is 22.6 Å². The summed E-state index contributed by atoms with van der Waals surface area (Å²) in [5.74, 6) is 0.663. The normalized spacial score (nSPS) is 10.8. The van der Waals surface area contributed by atoms with Gasteiger partial charge in [-0.05, 0) is 30.2 Å². The first-order valence-corrected chi connectivity index (χ1v) is 7.28. The van der Waals surface area contributed by atoms with Crippen LogP contribution in [-0.2, 0) is 17.8 Å². The first kappa shape index (κ1) is 14.3. The Balaban J connectivity index is 1.60. The lowest BCUT2D eigenvalue weighted by Crippen LogP contribution is -2.24. The predicted molar refractivity (Wildman–Crippen MR) is 85.5 cm³/mol. The van der Waals surface area contributed by atoms with Crippen molar-refractivity contribution in [3.8, 4) is 0 Å². The second-order valence-corrected chi connectivity index (χ2v) is 5.47. The van der Waals surface area contributed by atoms with Gasteiger partial charge in [-0.25, -0.2) is 4.98 Å². The highest BCUT2D eigenvalue weighted by Crippen LogP contribution is 2.16. The average molecular weight is 294 g/mol. The van der Waals surface area contributed by atoms with Crippen LogP contribution in [0.3, 0.4) is 0 Å². The zero-order chi connectivity index (χ0) is 15.5. The van der Waals surface area contributed by atoms with Crippen molar-refractivity contribution >= 4 is 17.0 Å². The summed E-state index contributed by atoms with van der Waals surface area (Å²) in [6.45, 7) is 4.35. The Hall–Kier alpha value is -2.62. The quantitative estimate of drug-likeness (QED) is 0.803. The second kappa shape index (κ2) is 6.02. The Labute approximate surface area is 129 Å². The number of hydrogen-bond acceptors (Lipinski definition) is 3. The fourth-order valence-corrected chi connectivity index (χ4v) is 2.35. The van der Waals surface area contributed by atoms with E-state index < -0.39 is 0 Å². The number of amides is 1. The number of aromatic nitrogens is 1. The molecule has 4 nitrogen and oxygen atoms in total. The molecule has 3 rings (SSSR count).